The molecule has 0 aliphatic carbocycles. The molecule has 9 heteroatoms. The van der Waals surface area contributed by atoms with Gasteiger partial charge in [0.15, 0.2) is 0 Å². The smallest absolute Gasteiger partial charge is 0.410 e. The Kier molecular flexibility index (Phi) is 24.6. The Bertz CT molecular complexity index is 562. The second kappa shape index (κ2) is 23.1. The average molecular weight is 517 g/mol. The van der Waals surface area contributed by atoms with Crippen molar-refractivity contribution in [2.75, 3.05) is 60.2 Å². The van der Waals surface area contributed by atoms with Gasteiger partial charge in [-0.2, -0.15) is 0 Å². The zero-order chi connectivity index (χ0) is 28.6. The standard InChI is InChI=1S/C10H19NO2.C9H17NO3.C5H8O.C2H4.CH4O/c1-10(2,3)13-9(12)11-7-5-4-6-8-11;1-9(2,3)13-8(11)10-4-6-12-7-5-10;1-3-4-5-6-2;2*1-2/h4-8H2,1-3H3;4-7H2,1-3H3;5H2,1-2H3;1-2H2;2H,1H3. The van der Waals surface area contributed by atoms with Crippen LogP contribution in [0.25, 0.3) is 0 Å². The van der Waals surface area contributed by atoms with Crippen LogP contribution in [0.2, 0.25) is 0 Å². The molecular formula is C27H52N2O7. The van der Waals surface area contributed by atoms with Crippen molar-refractivity contribution >= 4 is 12.2 Å². The van der Waals surface area contributed by atoms with Crippen molar-refractivity contribution in [2.45, 2.75) is 78.9 Å². The number of rotatable bonds is 1. The van der Waals surface area contributed by atoms with Gasteiger partial charge < -0.3 is 33.9 Å². The predicted octanol–water partition coefficient (Wildman–Crippen LogP) is 4.73. The topological polar surface area (TPSA) is 97.8 Å². The Labute approximate surface area is 220 Å². The fraction of sp³-hybridized carbons (Fsp3) is 0.778. The molecule has 2 fully saturated rings. The molecule has 0 saturated carbocycles. The van der Waals surface area contributed by atoms with E-state index in [2.05, 4.69) is 29.7 Å². The zero-order valence-electron chi connectivity index (χ0n) is 24.3. The van der Waals surface area contributed by atoms with E-state index in [0.717, 1.165) is 33.0 Å². The van der Waals surface area contributed by atoms with Crippen LogP contribution < -0.4 is 0 Å². The van der Waals surface area contributed by atoms with Crippen LogP contribution in [0.4, 0.5) is 9.59 Å². The van der Waals surface area contributed by atoms with Crippen LogP contribution >= 0.6 is 0 Å². The van der Waals surface area contributed by atoms with E-state index in [1.165, 1.54) is 6.42 Å². The minimum absolute atomic E-state index is 0.160. The van der Waals surface area contributed by atoms with Crippen LogP contribution in [0.1, 0.15) is 67.7 Å². The second-order valence-electron chi connectivity index (χ2n) is 9.47. The number of morpholine rings is 1. The molecule has 9 nitrogen and oxygen atoms in total. The van der Waals surface area contributed by atoms with Gasteiger partial charge in [0.2, 0.25) is 0 Å². The summed E-state index contributed by atoms with van der Waals surface area (Å²) in [5, 5.41) is 7.00. The lowest BCUT2D eigenvalue weighted by Gasteiger charge is -2.29. The summed E-state index contributed by atoms with van der Waals surface area (Å²) in [6.45, 7) is 23.8. The molecule has 2 amide bonds. The van der Waals surface area contributed by atoms with Crippen molar-refractivity contribution in [2.24, 2.45) is 0 Å². The highest BCUT2D eigenvalue weighted by Gasteiger charge is 2.24. The normalized spacial score (nSPS) is 14.7. The molecule has 1 N–H and O–H groups in total. The number of aliphatic hydroxyl groups excluding tert-OH is 1. The van der Waals surface area contributed by atoms with Gasteiger partial charge in [-0.3, -0.25) is 0 Å². The van der Waals surface area contributed by atoms with Crippen LogP contribution in [-0.4, -0.2) is 98.5 Å². The average Bonchev–Trinajstić information content (AvgIpc) is 2.85. The third kappa shape index (κ3) is 24.8. The molecule has 0 spiro atoms. The molecule has 0 aromatic carbocycles. The van der Waals surface area contributed by atoms with E-state index in [1.807, 2.05) is 41.5 Å². The first-order valence-corrected chi connectivity index (χ1v) is 12.3. The fourth-order valence-corrected chi connectivity index (χ4v) is 2.62. The summed E-state index contributed by atoms with van der Waals surface area (Å²) in [7, 11) is 2.63. The van der Waals surface area contributed by atoms with E-state index < -0.39 is 5.60 Å². The first-order valence-electron chi connectivity index (χ1n) is 12.3. The van der Waals surface area contributed by atoms with Crippen molar-refractivity contribution in [1.82, 2.24) is 9.80 Å². The van der Waals surface area contributed by atoms with E-state index in [0.29, 0.717) is 32.9 Å². The number of likely N-dealkylation sites (tertiary alicyclic amines) is 1. The lowest BCUT2D eigenvalue weighted by Crippen LogP contribution is -2.43. The summed E-state index contributed by atoms with van der Waals surface area (Å²) in [5.41, 5.74) is -0.774. The number of carbonyl (C=O) groups is 2. The second-order valence-corrected chi connectivity index (χ2v) is 9.47. The van der Waals surface area contributed by atoms with E-state index in [-0.39, 0.29) is 17.8 Å². The van der Waals surface area contributed by atoms with Crippen molar-refractivity contribution in [3.8, 4) is 11.8 Å². The summed E-state index contributed by atoms with van der Waals surface area (Å²) in [5.74, 6) is 5.42. The number of aliphatic hydroxyl groups is 1. The molecule has 2 aliphatic rings. The molecule has 0 unspecified atom stereocenters. The predicted molar refractivity (Wildman–Crippen MR) is 145 cm³/mol. The first-order chi connectivity index (χ1) is 16.9. The van der Waals surface area contributed by atoms with E-state index in [4.69, 9.17) is 19.3 Å². The number of hydrogen-bond donors (Lipinski definition) is 1. The number of nitrogens with zero attached hydrogens (tertiary/aromatic N) is 2. The zero-order valence-corrected chi connectivity index (χ0v) is 24.3. The minimum Gasteiger partial charge on any atom is -0.444 e. The number of ether oxygens (including phenoxy) is 4. The third-order valence-electron chi connectivity index (χ3n) is 4.06. The SMILES string of the molecule is C=C.CC#CCOC.CC(C)(C)OC(=O)N1CCCCC1.CC(C)(C)OC(=O)N1CCOCC1.CO. The van der Waals surface area contributed by atoms with E-state index >= 15 is 0 Å². The van der Waals surface area contributed by atoms with Crippen LogP contribution in [0.3, 0.4) is 0 Å². The van der Waals surface area contributed by atoms with E-state index in [1.54, 1.807) is 23.8 Å². The number of amides is 2. The maximum absolute atomic E-state index is 11.5. The maximum atomic E-state index is 11.5. The minimum atomic E-state index is -0.407. The van der Waals surface area contributed by atoms with Crippen molar-refractivity contribution in [3.05, 3.63) is 13.2 Å². The quantitative estimate of drug-likeness (QED) is 0.397. The molecule has 2 saturated heterocycles. The molecular weight excluding hydrogens is 464 g/mol. The molecule has 2 rings (SSSR count). The highest BCUT2D eigenvalue weighted by Crippen LogP contribution is 2.14. The summed E-state index contributed by atoms with van der Waals surface area (Å²) in [4.78, 5) is 26.5. The molecule has 0 bridgehead atoms. The van der Waals surface area contributed by atoms with E-state index in [9.17, 15) is 9.59 Å². The molecule has 212 valence electrons. The van der Waals surface area contributed by atoms with Crippen molar-refractivity contribution < 1.29 is 33.6 Å². The van der Waals surface area contributed by atoms with Crippen LogP contribution in [0, 0.1) is 11.8 Å². The number of hydrogen-bond acceptors (Lipinski definition) is 7. The van der Waals surface area contributed by atoms with Gasteiger partial charge in [-0.25, -0.2) is 9.59 Å². The molecule has 0 atom stereocenters. The lowest BCUT2D eigenvalue weighted by molar-refractivity contribution is -0.00678. The Morgan fingerprint density at radius 3 is 1.53 bits per heavy atom. The van der Waals surface area contributed by atoms with Crippen molar-refractivity contribution in [1.29, 1.82) is 0 Å². The van der Waals surface area contributed by atoms with Crippen LogP contribution in [-0.2, 0) is 18.9 Å². The molecule has 2 aliphatic heterocycles. The van der Waals surface area contributed by atoms with Crippen molar-refractivity contribution in [3.63, 3.8) is 0 Å². The highest BCUT2D eigenvalue weighted by molar-refractivity contribution is 5.68. The molecule has 0 aromatic heterocycles. The molecule has 0 radical (unpaired) electrons. The van der Waals surface area contributed by atoms with Gasteiger partial charge in [0.05, 0.1) is 13.2 Å². The van der Waals surface area contributed by atoms with Gasteiger partial charge in [-0.1, -0.05) is 5.92 Å². The van der Waals surface area contributed by atoms with Gasteiger partial charge in [0.1, 0.15) is 17.8 Å². The lowest BCUT2D eigenvalue weighted by atomic mass is 10.1. The van der Waals surface area contributed by atoms with Crippen LogP contribution in [0.15, 0.2) is 13.2 Å². The summed E-state index contributed by atoms with van der Waals surface area (Å²) >= 11 is 0. The maximum Gasteiger partial charge on any atom is 0.410 e. The third-order valence-corrected chi connectivity index (χ3v) is 4.06. The monoisotopic (exact) mass is 516 g/mol. The molecule has 36 heavy (non-hydrogen) atoms. The summed E-state index contributed by atoms with van der Waals surface area (Å²) < 4.78 is 20.2. The largest absolute Gasteiger partial charge is 0.444 e. The number of piperidine rings is 1. The summed E-state index contributed by atoms with van der Waals surface area (Å²) in [6.07, 6.45) is 3.06. The fourth-order valence-electron chi connectivity index (χ4n) is 2.62. The number of carbonyl (C=O) groups excluding carboxylic acids is 2. The van der Waals surface area contributed by atoms with Gasteiger partial charge in [-0.05, 0) is 67.7 Å². The Morgan fingerprint density at radius 1 is 0.833 bits per heavy atom. The van der Waals surface area contributed by atoms with Gasteiger partial charge >= 0.3 is 12.2 Å². The first kappa shape index (κ1) is 38.3. The van der Waals surface area contributed by atoms with Crippen LogP contribution in [0.5, 0.6) is 0 Å². The van der Waals surface area contributed by atoms with Gasteiger partial charge in [0.25, 0.3) is 0 Å². The van der Waals surface area contributed by atoms with Gasteiger partial charge in [-0.15, -0.1) is 19.1 Å². The Hall–Kier alpha value is -2.28. The molecule has 2 heterocycles. The number of methoxy groups -OCH3 is 1. The highest BCUT2D eigenvalue weighted by atomic mass is 16.6. The Morgan fingerprint density at radius 2 is 1.22 bits per heavy atom. The summed E-state index contributed by atoms with van der Waals surface area (Å²) in [6, 6.07) is 0. The van der Waals surface area contributed by atoms with Gasteiger partial charge in [0, 0.05) is 40.4 Å². The Balaban J connectivity index is -0.000000447. The molecule has 0 aromatic rings.